The van der Waals surface area contributed by atoms with Crippen molar-refractivity contribution in [3.63, 3.8) is 0 Å². The maximum Gasteiger partial charge on any atom is 0.305 e. The van der Waals surface area contributed by atoms with Crippen LogP contribution < -0.4 is 0 Å². The average molecular weight is 158 g/mol. The first kappa shape index (κ1) is 8.53. The van der Waals surface area contributed by atoms with Crippen LogP contribution in [0.3, 0.4) is 0 Å². The van der Waals surface area contributed by atoms with E-state index in [0.717, 1.165) is 19.3 Å². The van der Waals surface area contributed by atoms with Gasteiger partial charge in [-0.3, -0.25) is 4.79 Å². The van der Waals surface area contributed by atoms with Crippen molar-refractivity contribution in [3.8, 4) is 0 Å². The van der Waals surface area contributed by atoms with Gasteiger partial charge in [-0.1, -0.05) is 0 Å². The zero-order chi connectivity index (χ0) is 8.10. The average Bonchev–Trinajstić information content (AvgIpc) is 2.17. The second-order valence-corrected chi connectivity index (χ2v) is 2.93. The molecular weight excluding hydrogens is 144 g/mol. The lowest BCUT2D eigenvalue weighted by molar-refractivity contribution is -0.142. The number of ether oxygens (including phenoxy) is 1. The molecule has 0 aliphatic carbocycles. The highest BCUT2D eigenvalue weighted by molar-refractivity contribution is 5.69. The molecule has 3 heteroatoms. The summed E-state index contributed by atoms with van der Waals surface area (Å²) >= 11 is 0. The maximum atomic E-state index is 10.7. The predicted octanol–water partition coefficient (Wildman–Crippen LogP) is 0.712. The smallest absolute Gasteiger partial charge is 0.305 e. The minimum Gasteiger partial charge on any atom is -0.466 e. The van der Waals surface area contributed by atoms with Crippen molar-refractivity contribution >= 4 is 5.97 Å². The number of esters is 1. The number of hydrogen-bond donors (Lipinski definition) is 1. The molecule has 1 unspecified atom stereocenters. The fraction of sp³-hybridized carbons (Fsp3) is 0.875. The second kappa shape index (κ2) is 4.34. The summed E-state index contributed by atoms with van der Waals surface area (Å²) in [5.74, 6) is 0.386. The van der Waals surface area contributed by atoms with Gasteiger partial charge in [-0.15, -0.1) is 0 Å². The normalized spacial score (nSPS) is 25.9. The molecule has 11 heavy (non-hydrogen) atoms. The van der Waals surface area contributed by atoms with Crippen molar-refractivity contribution in [3.05, 3.63) is 0 Å². The fourth-order valence-corrected chi connectivity index (χ4v) is 1.35. The first-order valence-electron chi connectivity index (χ1n) is 4.09. The van der Waals surface area contributed by atoms with Crippen LogP contribution in [0.1, 0.15) is 25.7 Å². The minimum atomic E-state index is -0.0922. The topological polar surface area (TPSA) is 46.5 Å². The van der Waals surface area contributed by atoms with Crippen molar-refractivity contribution in [2.45, 2.75) is 25.7 Å². The molecule has 1 atom stereocenters. The molecule has 0 bridgehead atoms. The van der Waals surface area contributed by atoms with Crippen molar-refractivity contribution < 1.29 is 14.6 Å². The van der Waals surface area contributed by atoms with Crippen LogP contribution in [0.4, 0.5) is 0 Å². The SMILES string of the molecule is O=C1CCC(CCO)CCO1. The number of aliphatic hydroxyl groups is 1. The Hall–Kier alpha value is -0.570. The van der Waals surface area contributed by atoms with E-state index in [2.05, 4.69) is 0 Å². The lowest BCUT2D eigenvalue weighted by atomic mass is 9.97. The molecule has 0 radical (unpaired) electrons. The van der Waals surface area contributed by atoms with E-state index in [1.165, 1.54) is 0 Å². The van der Waals surface area contributed by atoms with Crippen LogP contribution in [0.25, 0.3) is 0 Å². The van der Waals surface area contributed by atoms with Gasteiger partial charge in [-0.25, -0.2) is 0 Å². The molecule has 1 aliphatic heterocycles. The molecule has 1 fully saturated rings. The Morgan fingerprint density at radius 2 is 2.36 bits per heavy atom. The van der Waals surface area contributed by atoms with Gasteiger partial charge in [0.1, 0.15) is 0 Å². The van der Waals surface area contributed by atoms with E-state index >= 15 is 0 Å². The summed E-state index contributed by atoms with van der Waals surface area (Å²) in [5.41, 5.74) is 0. The lowest BCUT2D eigenvalue weighted by Crippen LogP contribution is -2.03. The van der Waals surface area contributed by atoms with Gasteiger partial charge in [-0.05, 0) is 25.2 Å². The monoisotopic (exact) mass is 158 g/mol. The van der Waals surface area contributed by atoms with Crippen LogP contribution >= 0.6 is 0 Å². The Kier molecular flexibility index (Phi) is 3.36. The third-order valence-corrected chi connectivity index (χ3v) is 2.08. The molecule has 0 aromatic carbocycles. The highest BCUT2D eigenvalue weighted by Gasteiger charge is 2.16. The van der Waals surface area contributed by atoms with Gasteiger partial charge in [0, 0.05) is 13.0 Å². The van der Waals surface area contributed by atoms with Gasteiger partial charge in [0.05, 0.1) is 6.61 Å². The van der Waals surface area contributed by atoms with E-state index in [1.807, 2.05) is 0 Å². The Morgan fingerprint density at radius 1 is 1.55 bits per heavy atom. The van der Waals surface area contributed by atoms with Crippen molar-refractivity contribution in [1.82, 2.24) is 0 Å². The summed E-state index contributed by atoms with van der Waals surface area (Å²) in [6.07, 6.45) is 3.10. The Labute approximate surface area is 66.4 Å². The predicted molar refractivity (Wildman–Crippen MR) is 40.0 cm³/mol. The molecule has 0 aromatic heterocycles. The molecule has 1 rings (SSSR count). The summed E-state index contributed by atoms with van der Waals surface area (Å²) in [5, 5.41) is 8.65. The van der Waals surface area contributed by atoms with Crippen LogP contribution in [0, 0.1) is 5.92 Å². The molecule has 64 valence electrons. The van der Waals surface area contributed by atoms with E-state index in [1.54, 1.807) is 0 Å². The highest BCUT2D eigenvalue weighted by atomic mass is 16.5. The Morgan fingerprint density at radius 3 is 3.09 bits per heavy atom. The minimum absolute atomic E-state index is 0.0922. The molecule has 0 spiro atoms. The van der Waals surface area contributed by atoms with Gasteiger partial charge in [0.15, 0.2) is 0 Å². The van der Waals surface area contributed by atoms with Crippen LogP contribution in [0.15, 0.2) is 0 Å². The molecule has 0 saturated carbocycles. The number of hydrogen-bond acceptors (Lipinski definition) is 3. The van der Waals surface area contributed by atoms with Crippen LogP contribution in [-0.2, 0) is 9.53 Å². The first-order chi connectivity index (χ1) is 5.33. The summed E-state index contributed by atoms with van der Waals surface area (Å²) in [6, 6.07) is 0. The highest BCUT2D eigenvalue weighted by Crippen LogP contribution is 2.18. The van der Waals surface area contributed by atoms with Gasteiger partial charge in [0.2, 0.25) is 0 Å². The number of cyclic esters (lactones) is 1. The summed E-state index contributed by atoms with van der Waals surface area (Å²) in [4.78, 5) is 10.7. The van der Waals surface area contributed by atoms with Crippen molar-refractivity contribution in [2.24, 2.45) is 5.92 Å². The Balaban J connectivity index is 2.28. The van der Waals surface area contributed by atoms with Crippen LogP contribution in [0.5, 0.6) is 0 Å². The zero-order valence-electron chi connectivity index (χ0n) is 6.58. The molecule has 1 saturated heterocycles. The van der Waals surface area contributed by atoms with E-state index < -0.39 is 0 Å². The largest absolute Gasteiger partial charge is 0.466 e. The molecule has 1 aliphatic rings. The quantitative estimate of drug-likeness (QED) is 0.602. The van der Waals surface area contributed by atoms with Crippen LogP contribution in [0.2, 0.25) is 0 Å². The molecule has 0 amide bonds. The number of rotatable bonds is 2. The van der Waals surface area contributed by atoms with E-state index in [9.17, 15) is 4.79 Å². The van der Waals surface area contributed by atoms with Gasteiger partial charge < -0.3 is 9.84 Å². The molecule has 1 N–H and O–H groups in total. The molecule has 1 heterocycles. The summed E-state index contributed by atoms with van der Waals surface area (Å²) in [6.45, 7) is 0.752. The van der Waals surface area contributed by atoms with Crippen LogP contribution in [-0.4, -0.2) is 24.3 Å². The van der Waals surface area contributed by atoms with Crippen molar-refractivity contribution in [2.75, 3.05) is 13.2 Å². The number of carbonyl (C=O) groups excluding carboxylic acids is 1. The summed E-state index contributed by atoms with van der Waals surface area (Å²) < 4.78 is 4.86. The third kappa shape index (κ3) is 2.89. The fourth-order valence-electron chi connectivity index (χ4n) is 1.35. The molecular formula is C8H14O3. The molecule has 3 nitrogen and oxygen atoms in total. The zero-order valence-corrected chi connectivity index (χ0v) is 6.58. The van der Waals surface area contributed by atoms with Gasteiger partial charge in [-0.2, -0.15) is 0 Å². The van der Waals surface area contributed by atoms with Crippen molar-refractivity contribution in [1.29, 1.82) is 0 Å². The number of carbonyl (C=O) groups is 1. The number of aliphatic hydroxyl groups excluding tert-OH is 1. The first-order valence-corrected chi connectivity index (χ1v) is 4.09. The summed E-state index contributed by atoms with van der Waals surface area (Å²) in [7, 11) is 0. The van der Waals surface area contributed by atoms with E-state index in [-0.39, 0.29) is 12.6 Å². The Bertz CT molecular complexity index is 133. The van der Waals surface area contributed by atoms with E-state index in [0.29, 0.717) is 18.9 Å². The van der Waals surface area contributed by atoms with E-state index in [4.69, 9.17) is 9.84 Å². The standard InChI is InChI=1S/C8H14O3/c9-5-3-7-1-2-8(10)11-6-4-7/h7,9H,1-6H2. The second-order valence-electron chi connectivity index (χ2n) is 2.93. The third-order valence-electron chi connectivity index (χ3n) is 2.08. The van der Waals surface area contributed by atoms with Gasteiger partial charge >= 0.3 is 5.97 Å². The maximum absolute atomic E-state index is 10.7. The molecule has 0 aromatic rings. The van der Waals surface area contributed by atoms with Gasteiger partial charge in [0.25, 0.3) is 0 Å². The lowest BCUT2D eigenvalue weighted by Gasteiger charge is -2.08.